The van der Waals surface area contributed by atoms with Crippen molar-refractivity contribution >= 4 is 39.5 Å². The number of carbonyl (C=O) groups excluding carboxylic acids is 2. The number of nitrogens with one attached hydrogen (secondary N) is 1. The highest BCUT2D eigenvalue weighted by Gasteiger charge is 2.18. The van der Waals surface area contributed by atoms with E-state index < -0.39 is 0 Å². The minimum Gasteiger partial charge on any atom is -0.462 e. The molecule has 8 heteroatoms. The number of thiazole rings is 2. The molecule has 0 unspecified atom stereocenters. The van der Waals surface area contributed by atoms with E-state index in [0.717, 1.165) is 10.6 Å². The Morgan fingerprint density at radius 3 is 2.64 bits per heavy atom. The van der Waals surface area contributed by atoms with Crippen LogP contribution in [0.5, 0.6) is 0 Å². The lowest BCUT2D eigenvalue weighted by molar-refractivity contribution is -0.115. The normalized spacial score (nSPS) is 10.8. The molecule has 0 atom stereocenters. The molecule has 1 amide bonds. The number of aromatic nitrogens is 2. The van der Waals surface area contributed by atoms with Crippen molar-refractivity contribution in [2.75, 3.05) is 5.32 Å². The number of furan rings is 1. The highest BCUT2D eigenvalue weighted by Crippen LogP contribution is 2.31. The van der Waals surface area contributed by atoms with Crippen LogP contribution in [0.3, 0.4) is 0 Å². The molecule has 0 aliphatic carbocycles. The Labute approximate surface area is 168 Å². The topological polar surface area (TPSA) is 85.1 Å². The van der Waals surface area contributed by atoms with E-state index in [4.69, 9.17) is 4.42 Å². The zero-order chi connectivity index (χ0) is 19.5. The van der Waals surface area contributed by atoms with E-state index in [1.54, 1.807) is 12.3 Å². The fourth-order valence-electron chi connectivity index (χ4n) is 2.63. The molecular weight excluding hydrogens is 394 g/mol. The highest BCUT2D eigenvalue weighted by atomic mass is 32.1. The van der Waals surface area contributed by atoms with Gasteiger partial charge in [0.2, 0.25) is 5.91 Å². The van der Waals surface area contributed by atoms with Crippen LogP contribution in [0.25, 0.3) is 22.0 Å². The van der Waals surface area contributed by atoms with Gasteiger partial charge in [0.1, 0.15) is 0 Å². The minimum absolute atomic E-state index is 0.0838. The third kappa shape index (κ3) is 3.92. The molecule has 0 spiro atoms. The van der Waals surface area contributed by atoms with Crippen LogP contribution >= 0.6 is 22.7 Å². The maximum absolute atomic E-state index is 12.4. The summed E-state index contributed by atoms with van der Waals surface area (Å²) in [5.74, 6) is 0.356. The van der Waals surface area contributed by atoms with Gasteiger partial charge in [-0.2, -0.15) is 0 Å². The van der Waals surface area contributed by atoms with Crippen LogP contribution in [-0.2, 0) is 11.2 Å². The molecule has 0 saturated carbocycles. The zero-order valence-corrected chi connectivity index (χ0v) is 16.5. The second-order valence-electron chi connectivity index (χ2n) is 5.97. The Morgan fingerprint density at radius 2 is 1.93 bits per heavy atom. The molecule has 6 nitrogen and oxygen atoms in total. The minimum atomic E-state index is -0.236. The van der Waals surface area contributed by atoms with Crippen molar-refractivity contribution in [3.05, 3.63) is 64.7 Å². The van der Waals surface area contributed by atoms with Crippen LogP contribution in [0.4, 0.5) is 5.13 Å². The van der Waals surface area contributed by atoms with E-state index >= 15 is 0 Å². The van der Waals surface area contributed by atoms with E-state index in [2.05, 4.69) is 15.3 Å². The number of nitrogens with zero attached hydrogens (tertiary/aromatic N) is 2. The first-order chi connectivity index (χ1) is 13.6. The van der Waals surface area contributed by atoms with Crippen LogP contribution in [0.15, 0.2) is 58.5 Å². The lowest BCUT2D eigenvalue weighted by atomic mass is 10.1. The maximum Gasteiger partial charge on any atom is 0.232 e. The van der Waals surface area contributed by atoms with E-state index in [-0.39, 0.29) is 18.1 Å². The third-order valence-electron chi connectivity index (χ3n) is 3.87. The van der Waals surface area contributed by atoms with Crippen molar-refractivity contribution in [3.8, 4) is 22.0 Å². The average molecular weight is 409 g/mol. The van der Waals surface area contributed by atoms with Crippen molar-refractivity contribution in [1.29, 1.82) is 0 Å². The summed E-state index contributed by atoms with van der Waals surface area (Å²) in [6.07, 6.45) is 1.70. The number of hydrogen-bond donors (Lipinski definition) is 1. The van der Waals surface area contributed by atoms with Gasteiger partial charge in [0.05, 0.1) is 28.9 Å². The number of rotatable bonds is 6. The van der Waals surface area contributed by atoms with Gasteiger partial charge >= 0.3 is 0 Å². The number of carbonyl (C=O) groups is 2. The summed E-state index contributed by atoms with van der Waals surface area (Å²) in [5, 5.41) is 5.73. The van der Waals surface area contributed by atoms with Crippen LogP contribution in [-0.4, -0.2) is 21.7 Å². The van der Waals surface area contributed by atoms with E-state index in [0.29, 0.717) is 27.2 Å². The standard InChI is InChI=1S/C20H15N3O3S2/c1-12(24)18-17(13-6-3-2-4-7-13)23-20(28-18)22-16(25)10-14-11-27-19(21-14)15-8-5-9-26-15/h2-9,11H,10H2,1H3,(H,22,23,25). The number of anilines is 1. The van der Waals surface area contributed by atoms with Crippen molar-refractivity contribution in [1.82, 2.24) is 9.97 Å². The van der Waals surface area contributed by atoms with E-state index in [9.17, 15) is 9.59 Å². The van der Waals surface area contributed by atoms with Gasteiger partial charge in [0.25, 0.3) is 0 Å². The summed E-state index contributed by atoms with van der Waals surface area (Å²) in [6, 6.07) is 13.1. The fraction of sp³-hybridized carbons (Fsp3) is 0.100. The van der Waals surface area contributed by atoms with Crippen molar-refractivity contribution < 1.29 is 14.0 Å². The Morgan fingerprint density at radius 1 is 1.11 bits per heavy atom. The van der Waals surface area contributed by atoms with Gasteiger partial charge in [-0.25, -0.2) is 9.97 Å². The summed E-state index contributed by atoms with van der Waals surface area (Å²) in [5.41, 5.74) is 2.08. The van der Waals surface area contributed by atoms with Gasteiger partial charge in [-0.05, 0) is 12.1 Å². The van der Waals surface area contributed by atoms with Crippen LogP contribution < -0.4 is 5.32 Å². The molecule has 1 N–H and O–H groups in total. The largest absolute Gasteiger partial charge is 0.462 e. The highest BCUT2D eigenvalue weighted by molar-refractivity contribution is 7.18. The van der Waals surface area contributed by atoms with Crippen molar-refractivity contribution in [2.24, 2.45) is 0 Å². The van der Waals surface area contributed by atoms with E-state index in [1.807, 2.05) is 41.8 Å². The molecule has 1 aromatic carbocycles. The molecule has 3 heterocycles. The lowest BCUT2D eigenvalue weighted by Gasteiger charge is -1.99. The predicted molar refractivity (Wildman–Crippen MR) is 110 cm³/mol. The second kappa shape index (κ2) is 7.87. The molecule has 4 aromatic rings. The molecule has 0 bridgehead atoms. The Balaban J connectivity index is 1.50. The molecule has 0 radical (unpaired) electrons. The Bertz CT molecular complexity index is 1120. The fourth-order valence-corrected chi connectivity index (χ4v) is 4.32. The average Bonchev–Trinajstić information content (AvgIpc) is 3.42. The number of ketones is 1. The first kappa shape index (κ1) is 18.3. The number of hydrogen-bond acceptors (Lipinski definition) is 7. The van der Waals surface area contributed by atoms with Crippen molar-refractivity contribution in [3.63, 3.8) is 0 Å². The van der Waals surface area contributed by atoms with Crippen LogP contribution in [0.1, 0.15) is 22.3 Å². The van der Waals surface area contributed by atoms with Crippen LogP contribution in [0.2, 0.25) is 0 Å². The molecule has 0 fully saturated rings. The first-order valence-electron chi connectivity index (χ1n) is 8.45. The van der Waals surface area contributed by atoms with Gasteiger partial charge in [0.15, 0.2) is 21.7 Å². The molecule has 28 heavy (non-hydrogen) atoms. The van der Waals surface area contributed by atoms with Crippen LogP contribution in [0, 0.1) is 0 Å². The summed E-state index contributed by atoms with van der Waals surface area (Å²) >= 11 is 2.60. The molecule has 0 aliphatic heterocycles. The molecule has 3 aromatic heterocycles. The molecule has 4 rings (SSSR count). The lowest BCUT2D eigenvalue weighted by Crippen LogP contribution is -2.14. The summed E-state index contributed by atoms with van der Waals surface area (Å²) in [7, 11) is 0. The maximum atomic E-state index is 12.4. The quantitative estimate of drug-likeness (QED) is 0.457. The smallest absolute Gasteiger partial charge is 0.232 e. The Kier molecular flexibility index (Phi) is 5.14. The third-order valence-corrected chi connectivity index (χ3v) is 5.84. The van der Waals surface area contributed by atoms with Crippen molar-refractivity contribution in [2.45, 2.75) is 13.3 Å². The molecular formula is C20H15N3O3S2. The first-order valence-corrected chi connectivity index (χ1v) is 10.1. The van der Waals surface area contributed by atoms with Gasteiger partial charge in [0, 0.05) is 17.9 Å². The number of Topliss-reactive ketones (excluding diaryl/α,β-unsaturated/α-hetero) is 1. The molecule has 0 aliphatic rings. The van der Waals surface area contributed by atoms with Gasteiger partial charge < -0.3 is 9.73 Å². The van der Waals surface area contributed by atoms with E-state index in [1.165, 1.54) is 29.6 Å². The van der Waals surface area contributed by atoms with Gasteiger partial charge in [-0.3, -0.25) is 9.59 Å². The summed E-state index contributed by atoms with van der Waals surface area (Å²) in [6.45, 7) is 1.50. The summed E-state index contributed by atoms with van der Waals surface area (Å²) in [4.78, 5) is 33.8. The summed E-state index contributed by atoms with van der Waals surface area (Å²) < 4.78 is 5.32. The zero-order valence-electron chi connectivity index (χ0n) is 14.8. The Hall–Kier alpha value is -3.10. The van der Waals surface area contributed by atoms with Gasteiger partial charge in [-0.15, -0.1) is 11.3 Å². The van der Waals surface area contributed by atoms with Gasteiger partial charge in [-0.1, -0.05) is 41.7 Å². The second-order valence-corrected chi connectivity index (χ2v) is 7.82. The number of benzene rings is 1. The predicted octanol–water partition coefficient (Wildman–Crippen LogP) is 4.91. The molecule has 0 saturated heterocycles. The number of amides is 1. The molecule has 140 valence electrons. The monoisotopic (exact) mass is 409 g/mol. The SMILES string of the molecule is CC(=O)c1sc(NC(=O)Cc2csc(-c3ccco3)n2)nc1-c1ccccc1.